The van der Waals surface area contributed by atoms with Crippen molar-refractivity contribution >= 4 is 33.4 Å². The molecular formula is C12H15ClN2O4S. The molecular weight excluding hydrogens is 304 g/mol. The minimum atomic E-state index is -4.24. The van der Waals surface area contributed by atoms with Crippen molar-refractivity contribution in [3.05, 3.63) is 22.7 Å². The van der Waals surface area contributed by atoms with Gasteiger partial charge in [0.25, 0.3) is 0 Å². The summed E-state index contributed by atoms with van der Waals surface area (Å²) >= 11 is 5.85. The minimum Gasteiger partial charge on any atom is -0.398 e. The Morgan fingerprint density at radius 1 is 1.50 bits per heavy atom. The summed E-state index contributed by atoms with van der Waals surface area (Å²) in [5, 5.41) is 3.23. The number of nitrogen functional groups attached to an aromatic ring is 1. The molecule has 1 saturated heterocycles. The van der Waals surface area contributed by atoms with Crippen LogP contribution in [0.25, 0.3) is 0 Å². The van der Waals surface area contributed by atoms with E-state index < -0.39 is 22.1 Å². The molecule has 1 aliphatic rings. The molecule has 0 radical (unpaired) electrons. The molecule has 1 atom stereocenters. The maximum absolute atomic E-state index is 12.1. The third kappa shape index (κ3) is 3.05. The number of aryl methyl sites for hydroxylation is 1. The first-order valence-electron chi connectivity index (χ1n) is 6.08. The number of hydrogen-bond donors (Lipinski definition) is 2. The lowest BCUT2D eigenvalue weighted by Crippen LogP contribution is -2.34. The van der Waals surface area contributed by atoms with Crippen LogP contribution in [-0.4, -0.2) is 27.0 Å². The Kier molecular flexibility index (Phi) is 4.22. The van der Waals surface area contributed by atoms with E-state index in [9.17, 15) is 13.2 Å². The smallest absolute Gasteiger partial charge is 0.343 e. The monoisotopic (exact) mass is 318 g/mol. The molecule has 1 aromatic rings. The molecule has 0 spiro atoms. The fourth-order valence-corrected chi connectivity index (χ4v) is 3.25. The molecule has 3 N–H and O–H groups in total. The predicted molar refractivity (Wildman–Crippen MR) is 74.9 cm³/mol. The van der Waals surface area contributed by atoms with E-state index in [2.05, 4.69) is 9.50 Å². The Labute approximate surface area is 122 Å². The molecule has 0 amide bonds. The van der Waals surface area contributed by atoms with Gasteiger partial charge in [0.05, 0.1) is 5.69 Å². The third-order valence-electron chi connectivity index (χ3n) is 3.10. The highest BCUT2D eigenvalue weighted by Crippen LogP contribution is 2.27. The molecule has 1 fully saturated rings. The van der Waals surface area contributed by atoms with Gasteiger partial charge in [-0.05, 0) is 44.0 Å². The van der Waals surface area contributed by atoms with Crippen LogP contribution in [0.5, 0.6) is 0 Å². The normalized spacial score (nSPS) is 19.0. The van der Waals surface area contributed by atoms with Crippen LogP contribution in [0.15, 0.2) is 17.0 Å². The lowest BCUT2D eigenvalue weighted by molar-refractivity contribution is -0.135. The molecule has 0 saturated carbocycles. The van der Waals surface area contributed by atoms with E-state index in [1.807, 2.05) is 0 Å². The number of halogens is 1. The van der Waals surface area contributed by atoms with Gasteiger partial charge in [0.2, 0.25) is 0 Å². The molecule has 0 aliphatic carbocycles. The van der Waals surface area contributed by atoms with Gasteiger partial charge in [0, 0.05) is 5.02 Å². The van der Waals surface area contributed by atoms with Gasteiger partial charge >= 0.3 is 16.1 Å². The summed E-state index contributed by atoms with van der Waals surface area (Å²) in [6, 6.07) is 2.03. The van der Waals surface area contributed by atoms with Crippen molar-refractivity contribution < 1.29 is 17.4 Å². The van der Waals surface area contributed by atoms with E-state index in [1.54, 1.807) is 6.92 Å². The molecule has 8 heteroatoms. The van der Waals surface area contributed by atoms with Crippen LogP contribution < -0.4 is 11.1 Å². The molecule has 0 bridgehead atoms. The molecule has 0 aromatic heterocycles. The van der Waals surface area contributed by atoms with Crippen molar-refractivity contribution in [2.75, 3.05) is 12.3 Å². The van der Waals surface area contributed by atoms with Crippen molar-refractivity contribution in [3.8, 4) is 0 Å². The zero-order chi connectivity index (χ0) is 14.9. The number of anilines is 1. The molecule has 20 heavy (non-hydrogen) atoms. The largest absolute Gasteiger partial charge is 0.398 e. The topological polar surface area (TPSA) is 98.5 Å². The van der Waals surface area contributed by atoms with Crippen LogP contribution in [0.1, 0.15) is 18.4 Å². The van der Waals surface area contributed by atoms with Gasteiger partial charge in [-0.2, -0.15) is 8.42 Å². The second-order valence-corrected chi connectivity index (χ2v) is 6.57. The zero-order valence-electron chi connectivity index (χ0n) is 10.8. The van der Waals surface area contributed by atoms with Crippen LogP contribution in [0.4, 0.5) is 5.69 Å². The molecule has 1 heterocycles. The molecule has 0 unspecified atom stereocenters. The fraction of sp³-hybridized carbons (Fsp3) is 0.417. The van der Waals surface area contributed by atoms with Gasteiger partial charge < -0.3 is 15.2 Å². The quantitative estimate of drug-likeness (QED) is 0.642. The standard InChI is InChI=1S/C12H15ClN2O4S/c1-7-5-11(9(14)6-8(7)13)20(17,18)19-12(16)10-3-2-4-15-10/h5-6,10,15H,2-4,14H2,1H3/t10-/m0/s1. The van der Waals surface area contributed by atoms with Gasteiger partial charge in [-0.3, -0.25) is 0 Å². The number of hydrogen-bond acceptors (Lipinski definition) is 6. The molecule has 1 aromatic carbocycles. The number of benzene rings is 1. The Bertz CT molecular complexity index is 639. The first-order valence-corrected chi connectivity index (χ1v) is 7.87. The number of nitrogens with two attached hydrogens (primary N) is 1. The van der Waals surface area contributed by atoms with Crippen LogP contribution in [-0.2, 0) is 19.1 Å². The van der Waals surface area contributed by atoms with Crippen molar-refractivity contribution in [2.24, 2.45) is 0 Å². The average molecular weight is 319 g/mol. The summed E-state index contributed by atoms with van der Waals surface area (Å²) < 4.78 is 28.8. The Balaban J connectivity index is 2.26. The van der Waals surface area contributed by atoms with Gasteiger partial charge in [-0.1, -0.05) is 11.6 Å². The van der Waals surface area contributed by atoms with E-state index in [1.165, 1.54) is 12.1 Å². The SMILES string of the molecule is Cc1cc(S(=O)(=O)OC(=O)[C@@H]2CCCN2)c(N)cc1Cl. The summed E-state index contributed by atoms with van der Waals surface area (Å²) in [7, 11) is -4.24. The van der Waals surface area contributed by atoms with Gasteiger partial charge in [0.1, 0.15) is 10.9 Å². The van der Waals surface area contributed by atoms with Crippen LogP contribution >= 0.6 is 11.6 Å². The average Bonchev–Trinajstić information content (AvgIpc) is 2.86. The van der Waals surface area contributed by atoms with E-state index >= 15 is 0 Å². The highest BCUT2D eigenvalue weighted by atomic mass is 35.5. The minimum absolute atomic E-state index is 0.0484. The summed E-state index contributed by atoms with van der Waals surface area (Å²) in [5.74, 6) is -0.811. The summed E-state index contributed by atoms with van der Waals surface area (Å²) in [5.41, 5.74) is 6.12. The number of carbonyl (C=O) groups excluding carboxylic acids is 1. The van der Waals surface area contributed by atoms with Gasteiger partial charge in [-0.15, -0.1) is 0 Å². The summed E-state index contributed by atoms with van der Waals surface area (Å²) in [6.07, 6.45) is 1.37. The van der Waals surface area contributed by atoms with Crippen molar-refractivity contribution in [1.82, 2.24) is 5.32 Å². The highest BCUT2D eigenvalue weighted by molar-refractivity contribution is 7.87. The number of nitrogens with one attached hydrogen (secondary N) is 1. The van der Waals surface area contributed by atoms with E-state index in [4.69, 9.17) is 17.3 Å². The zero-order valence-corrected chi connectivity index (χ0v) is 12.4. The van der Waals surface area contributed by atoms with Crippen molar-refractivity contribution in [1.29, 1.82) is 0 Å². The van der Waals surface area contributed by atoms with Crippen LogP contribution in [0.2, 0.25) is 5.02 Å². The van der Waals surface area contributed by atoms with Crippen molar-refractivity contribution in [2.45, 2.75) is 30.7 Å². The Morgan fingerprint density at radius 3 is 2.80 bits per heavy atom. The maximum atomic E-state index is 12.1. The van der Waals surface area contributed by atoms with Crippen molar-refractivity contribution in [3.63, 3.8) is 0 Å². The fourth-order valence-electron chi connectivity index (χ4n) is 1.98. The second-order valence-electron chi connectivity index (χ2n) is 4.64. The molecule has 6 nitrogen and oxygen atoms in total. The summed E-state index contributed by atoms with van der Waals surface area (Å²) in [4.78, 5) is 11.5. The first-order chi connectivity index (χ1) is 9.31. The third-order valence-corrected chi connectivity index (χ3v) is 4.78. The first kappa shape index (κ1) is 15.1. The highest BCUT2D eigenvalue weighted by Gasteiger charge is 2.30. The van der Waals surface area contributed by atoms with Crippen LogP contribution in [0, 0.1) is 6.92 Å². The van der Waals surface area contributed by atoms with E-state index in [0.29, 0.717) is 23.6 Å². The summed E-state index contributed by atoms with van der Waals surface area (Å²) in [6.45, 7) is 2.31. The number of carbonyl (C=O) groups is 1. The number of rotatable bonds is 3. The van der Waals surface area contributed by atoms with Gasteiger partial charge in [0.15, 0.2) is 0 Å². The lowest BCUT2D eigenvalue weighted by Gasteiger charge is -2.12. The van der Waals surface area contributed by atoms with Gasteiger partial charge in [-0.25, -0.2) is 4.79 Å². The molecule has 110 valence electrons. The Hall–Kier alpha value is -1.31. The Morgan fingerprint density at radius 2 is 2.20 bits per heavy atom. The maximum Gasteiger partial charge on any atom is 0.343 e. The lowest BCUT2D eigenvalue weighted by atomic mass is 10.2. The predicted octanol–water partition coefficient (Wildman–Crippen LogP) is 1.21. The van der Waals surface area contributed by atoms with Crippen LogP contribution in [0.3, 0.4) is 0 Å². The molecule has 2 rings (SSSR count). The molecule has 1 aliphatic heterocycles. The second kappa shape index (κ2) is 5.59. The van der Waals surface area contributed by atoms with E-state index in [-0.39, 0.29) is 10.6 Å². The van der Waals surface area contributed by atoms with E-state index in [0.717, 1.165) is 6.42 Å².